The van der Waals surface area contributed by atoms with Gasteiger partial charge in [-0.15, -0.1) is 0 Å². The van der Waals surface area contributed by atoms with E-state index in [1.807, 2.05) is 0 Å². The molecule has 90 valence electrons. The zero-order valence-corrected chi connectivity index (χ0v) is 11.3. The molecule has 1 fully saturated rings. The van der Waals surface area contributed by atoms with Crippen molar-refractivity contribution in [2.24, 2.45) is 5.41 Å². The van der Waals surface area contributed by atoms with E-state index < -0.39 is 0 Å². The molecule has 0 atom stereocenters. The smallest absolute Gasteiger partial charge is 0.0720 e. The second-order valence-corrected chi connectivity index (χ2v) is 5.68. The van der Waals surface area contributed by atoms with Crippen molar-refractivity contribution < 1.29 is 0 Å². The zero-order valence-electron chi connectivity index (χ0n) is 9.06. The molecule has 0 heterocycles. The Labute approximate surface area is 115 Å². The maximum absolute atomic E-state index is 8.74. The van der Waals surface area contributed by atoms with Gasteiger partial charge >= 0.3 is 0 Å². The number of nitriles is 1. The molecule has 0 bridgehead atoms. The van der Waals surface area contributed by atoms with Gasteiger partial charge in [0.1, 0.15) is 0 Å². The predicted octanol–water partition coefficient (Wildman–Crippen LogP) is 4.75. The minimum Gasteiger partial charge on any atom is -0.382 e. The molecule has 0 aromatic heterocycles. The van der Waals surface area contributed by atoms with Crippen LogP contribution < -0.4 is 5.32 Å². The Morgan fingerprint density at radius 2 is 1.82 bits per heavy atom. The Bertz CT molecular complexity index is 452. The molecule has 1 aliphatic rings. The monoisotopic (exact) mass is 288 g/mol. The Hall–Kier alpha value is -0.620. The van der Waals surface area contributed by atoms with Gasteiger partial charge < -0.3 is 5.32 Å². The second-order valence-electron chi connectivity index (χ2n) is 4.43. The summed E-state index contributed by atoms with van der Waals surface area (Å²) in [5.74, 6) is 0. The van der Waals surface area contributed by atoms with E-state index in [-0.39, 0.29) is 5.41 Å². The van der Waals surface area contributed by atoms with Gasteiger partial charge in [-0.3, -0.25) is 0 Å². The van der Waals surface area contributed by atoms with Crippen LogP contribution in [0.5, 0.6) is 0 Å². The van der Waals surface area contributed by atoms with Gasteiger partial charge in [-0.1, -0.05) is 34.8 Å². The van der Waals surface area contributed by atoms with Crippen molar-refractivity contribution in [3.8, 4) is 6.07 Å². The molecule has 1 N–H and O–H groups in total. The molecule has 2 nitrogen and oxygen atoms in total. The number of nitrogens with zero attached hydrogens (tertiary/aromatic N) is 1. The molecular weight excluding hydrogens is 279 g/mol. The summed E-state index contributed by atoms with van der Waals surface area (Å²) >= 11 is 18.0. The van der Waals surface area contributed by atoms with Crippen molar-refractivity contribution >= 4 is 40.5 Å². The molecule has 2 rings (SSSR count). The zero-order chi connectivity index (χ0) is 12.5. The van der Waals surface area contributed by atoms with Crippen molar-refractivity contribution in [3.63, 3.8) is 0 Å². The van der Waals surface area contributed by atoms with Crippen LogP contribution >= 0.6 is 34.8 Å². The summed E-state index contributed by atoms with van der Waals surface area (Å²) in [5.41, 5.74) is 0.808. The normalized spacial score (nSPS) is 16.4. The van der Waals surface area contributed by atoms with Gasteiger partial charge in [0, 0.05) is 23.4 Å². The van der Waals surface area contributed by atoms with E-state index in [0.717, 1.165) is 19.4 Å². The number of hydrogen-bond acceptors (Lipinski definition) is 2. The average Bonchev–Trinajstić information content (AvgIpc) is 2.97. The molecule has 0 saturated heterocycles. The van der Waals surface area contributed by atoms with Gasteiger partial charge in [-0.2, -0.15) is 5.26 Å². The van der Waals surface area contributed by atoms with Crippen molar-refractivity contribution in [1.82, 2.24) is 0 Å². The van der Waals surface area contributed by atoms with E-state index >= 15 is 0 Å². The number of anilines is 1. The minimum absolute atomic E-state index is 0.112. The van der Waals surface area contributed by atoms with Crippen LogP contribution in [0.4, 0.5) is 5.69 Å². The summed E-state index contributed by atoms with van der Waals surface area (Å²) < 4.78 is 0. The summed E-state index contributed by atoms with van der Waals surface area (Å²) in [6, 6.07) is 5.53. The molecule has 5 heteroatoms. The number of rotatable bonds is 4. The Morgan fingerprint density at radius 1 is 1.24 bits per heavy atom. The van der Waals surface area contributed by atoms with E-state index in [0.29, 0.717) is 27.2 Å². The van der Waals surface area contributed by atoms with E-state index in [2.05, 4.69) is 11.4 Å². The third-order valence-electron chi connectivity index (χ3n) is 3.06. The highest BCUT2D eigenvalue weighted by Crippen LogP contribution is 2.49. The van der Waals surface area contributed by atoms with Gasteiger partial charge in [0.15, 0.2) is 0 Å². The molecule has 1 saturated carbocycles. The van der Waals surface area contributed by atoms with Crippen LogP contribution in [0.3, 0.4) is 0 Å². The minimum atomic E-state index is 0.112. The maximum Gasteiger partial charge on any atom is 0.0720 e. The average molecular weight is 290 g/mol. The van der Waals surface area contributed by atoms with Crippen LogP contribution in [0.2, 0.25) is 15.1 Å². The van der Waals surface area contributed by atoms with Crippen LogP contribution in [0.25, 0.3) is 0 Å². The SMILES string of the molecule is N#CCC1(CNc2c(Cl)cc(Cl)cc2Cl)CC1. The van der Waals surface area contributed by atoms with E-state index in [4.69, 9.17) is 40.1 Å². The number of halogens is 3. The number of benzene rings is 1. The summed E-state index contributed by atoms with van der Waals surface area (Å²) in [6.45, 7) is 0.724. The topological polar surface area (TPSA) is 35.8 Å². The van der Waals surface area contributed by atoms with E-state index in [9.17, 15) is 0 Å². The van der Waals surface area contributed by atoms with Crippen molar-refractivity contribution in [2.75, 3.05) is 11.9 Å². The highest BCUT2D eigenvalue weighted by Gasteiger charge is 2.42. The first-order valence-electron chi connectivity index (χ1n) is 5.32. The van der Waals surface area contributed by atoms with Crippen LogP contribution in [-0.2, 0) is 0 Å². The van der Waals surface area contributed by atoms with E-state index in [1.165, 1.54) is 0 Å². The standard InChI is InChI=1S/C12H11Cl3N2/c13-8-5-9(14)11(10(15)6-8)17-7-12(1-2-12)3-4-16/h5-6,17H,1-3,7H2. The fourth-order valence-corrected chi connectivity index (χ4v) is 2.70. The quantitative estimate of drug-likeness (QED) is 0.868. The Kier molecular flexibility index (Phi) is 3.73. The summed E-state index contributed by atoms with van der Waals surface area (Å²) in [6.07, 6.45) is 2.73. The first kappa shape index (κ1) is 12.8. The van der Waals surface area contributed by atoms with Crippen LogP contribution in [0.1, 0.15) is 19.3 Å². The van der Waals surface area contributed by atoms with Gasteiger partial charge in [-0.25, -0.2) is 0 Å². The summed E-state index contributed by atoms with van der Waals surface area (Å²) in [5, 5.41) is 13.5. The first-order chi connectivity index (χ1) is 8.06. The predicted molar refractivity (Wildman–Crippen MR) is 71.9 cm³/mol. The van der Waals surface area contributed by atoms with Gasteiger partial charge in [0.2, 0.25) is 0 Å². The Balaban J connectivity index is 2.07. The van der Waals surface area contributed by atoms with Crippen molar-refractivity contribution in [2.45, 2.75) is 19.3 Å². The molecule has 1 aliphatic carbocycles. The maximum atomic E-state index is 8.74. The lowest BCUT2D eigenvalue weighted by Gasteiger charge is -2.15. The lowest BCUT2D eigenvalue weighted by Crippen LogP contribution is -2.15. The summed E-state index contributed by atoms with van der Waals surface area (Å²) in [7, 11) is 0. The largest absolute Gasteiger partial charge is 0.382 e. The Morgan fingerprint density at radius 3 is 2.29 bits per heavy atom. The fraction of sp³-hybridized carbons (Fsp3) is 0.417. The molecule has 0 radical (unpaired) electrons. The molecule has 0 amide bonds. The fourth-order valence-electron chi connectivity index (χ4n) is 1.75. The molecule has 0 aliphatic heterocycles. The first-order valence-corrected chi connectivity index (χ1v) is 6.45. The highest BCUT2D eigenvalue weighted by molar-refractivity contribution is 6.41. The van der Waals surface area contributed by atoms with Crippen molar-refractivity contribution in [1.29, 1.82) is 5.26 Å². The van der Waals surface area contributed by atoms with Gasteiger partial charge in [0.25, 0.3) is 0 Å². The van der Waals surface area contributed by atoms with Gasteiger partial charge in [0.05, 0.1) is 21.8 Å². The third kappa shape index (κ3) is 2.98. The van der Waals surface area contributed by atoms with Crippen molar-refractivity contribution in [3.05, 3.63) is 27.2 Å². The van der Waals surface area contributed by atoms with Crippen LogP contribution in [0.15, 0.2) is 12.1 Å². The highest BCUT2D eigenvalue weighted by atomic mass is 35.5. The molecule has 0 unspecified atom stereocenters. The third-order valence-corrected chi connectivity index (χ3v) is 3.87. The molecule has 1 aromatic rings. The molecule has 17 heavy (non-hydrogen) atoms. The molecule has 0 spiro atoms. The molecular formula is C12H11Cl3N2. The number of nitrogens with one attached hydrogen (secondary N) is 1. The van der Waals surface area contributed by atoms with Gasteiger partial charge in [-0.05, 0) is 25.0 Å². The molecule has 1 aromatic carbocycles. The lowest BCUT2D eigenvalue weighted by atomic mass is 10.0. The number of hydrogen-bond donors (Lipinski definition) is 1. The van der Waals surface area contributed by atoms with E-state index in [1.54, 1.807) is 12.1 Å². The van der Waals surface area contributed by atoms with Crippen LogP contribution in [0, 0.1) is 16.7 Å². The second kappa shape index (κ2) is 4.94. The van der Waals surface area contributed by atoms with Crippen LogP contribution in [-0.4, -0.2) is 6.54 Å². The lowest BCUT2D eigenvalue weighted by molar-refractivity contribution is 0.557. The summed E-state index contributed by atoms with van der Waals surface area (Å²) in [4.78, 5) is 0.